The number of esters is 1. The smallest absolute Gasteiger partial charge is 0.309 e. The monoisotopic (exact) mass is 216 g/mol. The Morgan fingerprint density at radius 1 is 1.19 bits per heavy atom. The van der Waals surface area contributed by atoms with E-state index >= 15 is 0 Å². The lowest BCUT2D eigenvalue weighted by molar-refractivity contribution is -0.151. The van der Waals surface area contributed by atoms with Crippen molar-refractivity contribution in [2.24, 2.45) is 5.92 Å². The molecule has 0 N–H and O–H groups in total. The van der Waals surface area contributed by atoms with E-state index in [1.807, 2.05) is 6.07 Å². The third kappa shape index (κ3) is 1.84. The van der Waals surface area contributed by atoms with Gasteiger partial charge in [0.1, 0.15) is 6.10 Å². The van der Waals surface area contributed by atoms with Crippen molar-refractivity contribution in [1.82, 2.24) is 0 Å². The standard InChI is InChI=1S/C14H16O2/c15-14(11-8-9-11)16-13-7-3-5-10-4-1-2-6-12(10)13/h1-2,4,6,11,13H,3,5,7-9H2. The van der Waals surface area contributed by atoms with E-state index in [2.05, 4.69) is 18.2 Å². The molecule has 0 spiro atoms. The van der Waals surface area contributed by atoms with Crippen LogP contribution in [0, 0.1) is 5.92 Å². The zero-order chi connectivity index (χ0) is 11.0. The Kier molecular flexibility index (Phi) is 2.43. The van der Waals surface area contributed by atoms with E-state index in [1.165, 1.54) is 11.1 Å². The van der Waals surface area contributed by atoms with Crippen molar-refractivity contribution in [2.45, 2.75) is 38.2 Å². The van der Waals surface area contributed by atoms with Crippen LogP contribution in [-0.2, 0) is 16.0 Å². The van der Waals surface area contributed by atoms with Crippen LogP contribution >= 0.6 is 0 Å². The Hall–Kier alpha value is -1.31. The summed E-state index contributed by atoms with van der Waals surface area (Å²) in [7, 11) is 0. The molecule has 1 aromatic carbocycles. The molecule has 0 heterocycles. The molecular weight excluding hydrogens is 200 g/mol. The Morgan fingerprint density at radius 2 is 2.00 bits per heavy atom. The third-order valence-corrected chi connectivity index (χ3v) is 3.48. The number of carbonyl (C=O) groups is 1. The maximum atomic E-state index is 11.7. The van der Waals surface area contributed by atoms with Crippen LogP contribution in [0.25, 0.3) is 0 Å². The number of hydrogen-bond acceptors (Lipinski definition) is 2. The molecule has 2 nitrogen and oxygen atoms in total. The summed E-state index contributed by atoms with van der Waals surface area (Å²) in [5.41, 5.74) is 2.57. The second-order valence-electron chi connectivity index (χ2n) is 4.79. The second-order valence-corrected chi connectivity index (χ2v) is 4.79. The van der Waals surface area contributed by atoms with Crippen LogP contribution in [0.15, 0.2) is 24.3 Å². The van der Waals surface area contributed by atoms with Gasteiger partial charge in [-0.25, -0.2) is 0 Å². The van der Waals surface area contributed by atoms with Crippen LogP contribution in [0.3, 0.4) is 0 Å². The van der Waals surface area contributed by atoms with E-state index in [9.17, 15) is 4.79 Å². The number of fused-ring (bicyclic) bond motifs is 1. The minimum Gasteiger partial charge on any atom is -0.457 e. The van der Waals surface area contributed by atoms with Gasteiger partial charge in [0.05, 0.1) is 5.92 Å². The second kappa shape index (κ2) is 3.93. The molecule has 84 valence electrons. The average molecular weight is 216 g/mol. The fourth-order valence-electron chi connectivity index (χ4n) is 2.39. The number of benzene rings is 1. The molecular formula is C14H16O2. The molecule has 3 rings (SSSR count). The summed E-state index contributed by atoms with van der Waals surface area (Å²) in [5.74, 6) is 0.218. The number of carbonyl (C=O) groups excluding carboxylic acids is 1. The molecule has 0 radical (unpaired) electrons. The fourth-order valence-corrected chi connectivity index (χ4v) is 2.39. The summed E-state index contributed by atoms with van der Waals surface area (Å²) in [6.45, 7) is 0. The minimum absolute atomic E-state index is 0.0121. The normalized spacial score (nSPS) is 23.6. The van der Waals surface area contributed by atoms with Crippen molar-refractivity contribution in [3.05, 3.63) is 35.4 Å². The van der Waals surface area contributed by atoms with Gasteiger partial charge in [0.15, 0.2) is 0 Å². The molecule has 16 heavy (non-hydrogen) atoms. The minimum atomic E-state index is 0.0121. The van der Waals surface area contributed by atoms with Gasteiger partial charge in [-0.2, -0.15) is 0 Å². The first-order chi connectivity index (χ1) is 7.84. The van der Waals surface area contributed by atoms with E-state index in [4.69, 9.17) is 4.74 Å². The van der Waals surface area contributed by atoms with Crippen molar-refractivity contribution < 1.29 is 9.53 Å². The summed E-state index contributed by atoms with van der Waals surface area (Å²) in [4.78, 5) is 11.7. The van der Waals surface area contributed by atoms with Crippen LogP contribution in [-0.4, -0.2) is 5.97 Å². The van der Waals surface area contributed by atoms with Crippen LogP contribution in [0.4, 0.5) is 0 Å². The highest BCUT2D eigenvalue weighted by Gasteiger charge is 2.34. The quantitative estimate of drug-likeness (QED) is 0.710. The topological polar surface area (TPSA) is 26.3 Å². The predicted octanol–water partition coefficient (Wildman–Crippen LogP) is 3.02. The molecule has 1 unspecified atom stereocenters. The molecule has 0 aliphatic heterocycles. The Labute approximate surface area is 95.6 Å². The Balaban J connectivity index is 1.78. The predicted molar refractivity (Wildman–Crippen MR) is 60.9 cm³/mol. The largest absolute Gasteiger partial charge is 0.457 e. The van der Waals surface area contributed by atoms with E-state index in [0.29, 0.717) is 0 Å². The maximum Gasteiger partial charge on any atom is 0.309 e. The van der Waals surface area contributed by atoms with Crippen LogP contribution in [0.2, 0.25) is 0 Å². The van der Waals surface area contributed by atoms with Gasteiger partial charge in [-0.15, -0.1) is 0 Å². The van der Waals surface area contributed by atoms with E-state index in [-0.39, 0.29) is 18.0 Å². The molecule has 2 heteroatoms. The summed E-state index contributed by atoms with van der Waals surface area (Å²) in [6.07, 6.45) is 5.28. The molecule has 1 fully saturated rings. The highest BCUT2D eigenvalue weighted by Crippen LogP contribution is 2.36. The number of aryl methyl sites for hydroxylation is 1. The Morgan fingerprint density at radius 3 is 2.81 bits per heavy atom. The first-order valence-corrected chi connectivity index (χ1v) is 6.13. The molecule has 2 aliphatic rings. The lowest BCUT2D eigenvalue weighted by Gasteiger charge is -2.25. The summed E-state index contributed by atoms with van der Waals surface area (Å²) in [6, 6.07) is 8.33. The van der Waals surface area contributed by atoms with Crippen LogP contribution in [0.1, 0.15) is 42.9 Å². The van der Waals surface area contributed by atoms with Crippen molar-refractivity contribution in [1.29, 1.82) is 0 Å². The zero-order valence-electron chi connectivity index (χ0n) is 9.32. The molecule has 1 aromatic rings. The van der Waals surface area contributed by atoms with Gasteiger partial charge in [-0.05, 0) is 43.2 Å². The van der Waals surface area contributed by atoms with Gasteiger partial charge >= 0.3 is 5.97 Å². The Bertz CT molecular complexity index is 407. The molecule has 1 atom stereocenters. The summed E-state index contributed by atoms with van der Waals surface area (Å²) >= 11 is 0. The van der Waals surface area contributed by atoms with E-state index < -0.39 is 0 Å². The van der Waals surface area contributed by atoms with Gasteiger partial charge in [0, 0.05) is 0 Å². The molecule has 0 bridgehead atoms. The SMILES string of the molecule is O=C(OC1CCCc2ccccc21)C1CC1. The van der Waals surface area contributed by atoms with E-state index in [0.717, 1.165) is 32.1 Å². The summed E-state index contributed by atoms with van der Waals surface area (Å²) in [5, 5.41) is 0. The van der Waals surface area contributed by atoms with Crippen LogP contribution < -0.4 is 0 Å². The average Bonchev–Trinajstić information content (AvgIpc) is 3.13. The van der Waals surface area contributed by atoms with Gasteiger partial charge in [0.25, 0.3) is 0 Å². The molecule has 1 saturated carbocycles. The number of hydrogen-bond donors (Lipinski definition) is 0. The zero-order valence-corrected chi connectivity index (χ0v) is 9.32. The summed E-state index contributed by atoms with van der Waals surface area (Å²) < 4.78 is 5.60. The lowest BCUT2D eigenvalue weighted by atomic mass is 9.89. The van der Waals surface area contributed by atoms with Gasteiger partial charge < -0.3 is 4.74 Å². The fraction of sp³-hybridized carbons (Fsp3) is 0.500. The van der Waals surface area contributed by atoms with Crippen molar-refractivity contribution in [2.75, 3.05) is 0 Å². The number of rotatable bonds is 2. The maximum absolute atomic E-state index is 11.7. The van der Waals surface area contributed by atoms with Gasteiger partial charge in [-0.3, -0.25) is 4.79 Å². The van der Waals surface area contributed by atoms with Gasteiger partial charge in [0.2, 0.25) is 0 Å². The highest BCUT2D eigenvalue weighted by atomic mass is 16.5. The van der Waals surface area contributed by atoms with Gasteiger partial charge in [-0.1, -0.05) is 24.3 Å². The third-order valence-electron chi connectivity index (χ3n) is 3.48. The van der Waals surface area contributed by atoms with Crippen molar-refractivity contribution >= 4 is 5.97 Å². The van der Waals surface area contributed by atoms with E-state index in [1.54, 1.807) is 0 Å². The van der Waals surface area contributed by atoms with Crippen molar-refractivity contribution in [3.63, 3.8) is 0 Å². The lowest BCUT2D eigenvalue weighted by Crippen LogP contribution is -2.17. The molecule has 0 amide bonds. The first-order valence-electron chi connectivity index (χ1n) is 6.13. The first kappa shape index (κ1) is 9.88. The molecule has 0 saturated heterocycles. The number of ether oxygens (including phenoxy) is 1. The van der Waals surface area contributed by atoms with Crippen LogP contribution in [0.5, 0.6) is 0 Å². The highest BCUT2D eigenvalue weighted by molar-refractivity contribution is 5.75. The molecule has 2 aliphatic carbocycles. The van der Waals surface area contributed by atoms with Crippen molar-refractivity contribution in [3.8, 4) is 0 Å². The molecule has 0 aromatic heterocycles.